The van der Waals surface area contributed by atoms with Crippen LogP contribution in [0.4, 0.5) is 5.69 Å². The summed E-state index contributed by atoms with van der Waals surface area (Å²) >= 11 is 0. The van der Waals surface area contributed by atoms with E-state index in [2.05, 4.69) is 11.9 Å². The third kappa shape index (κ3) is 2.45. The molecule has 4 heteroatoms. The summed E-state index contributed by atoms with van der Waals surface area (Å²) in [6, 6.07) is 11.8. The van der Waals surface area contributed by atoms with Gasteiger partial charge in [-0.1, -0.05) is 19.1 Å². The van der Waals surface area contributed by atoms with E-state index in [1.807, 2.05) is 53.2 Å². The van der Waals surface area contributed by atoms with Crippen molar-refractivity contribution in [3.63, 3.8) is 0 Å². The molecule has 2 N–H and O–H groups in total. The Labute approximate surface area is 117 Å². The van der Waals surface area contributed by atoms with Gasteiger partial charge in [0.2, 0.25) is 0 Å². The number of hydrogen-bond donors (Lipinski definition) is 1. The van der Waals surface area contributed by atoms with Crippen LogP contribution in [0.1, 0.15) is 18.2 Å². The fourth-order valence-corrected chi connectivity index (χ4v) is 2.16. The normalized spacial score (nSPS) is 10.8. The molecule has 1 aromatic carbocycles. The molecule has 0 aliphatic carbocycles. The van der Waals surface area contributed by atoms with Gasteiger partial charge in [0, 0.05) is 12.4 Å². The molecule has 0 aliphatic heterocycles. The number of fused-ring (bicyclic) bond motifs is 1. The number of rotatable bonds is 4. The minimum absolute atomic E-state index is 0.414. The van der Waals surface area contributed by atoms with Crippen molar-refractivity contribution in [1.29, 1.82) is 0 Å². The summed E-state index contributed by atoms with van der Waals surface area (Å²) in [7, 11) is 0. The highest BCUT2D eigenvalue weighted by Crippen LogP contribution is 2.23. The van der Waals surface area contributed by atoms with E-state index in [4.69, 9.17) is 10.5 Å². The zero-order valence-electron chi connectivity index (χ0n) is 11.4. The maximum Gasteiger partial charge on any atom is 0.142 e. The molecule has 0 radical (unpaired) electrons. The van der Waals surface area contributed by atoms with Crippen LogP contribution in [0, 0.1) is 0 Å². The number of anilines is 1. The van der Waals surface area contributed by atoms with Gasteiger partial charge in [0.05, 0.1) is 11.4 Å². The maximum absolute atomic E-state index is 5.99. The number of nitrogens with two attached hydrogens (primary N) is 1. The van der Waals surface area contributed by atoms with Crippen LogP contribution in [0.2, 0.25) is 0 Å². The summed E-state index contributed by atoms with van der Waals surface area (Å²) in [4.78, 5) is 4.49. The Bertz CT molecular complexity index is 700. The van der Waals surface area contributed by atoms with Crippen molar-refractivity contribution >= 4 is 11.3 Å². The molecule has 0 fully saturated rings. The molecule has 0 bridgehead atoms. The van der Waals surface area contributed by atoms with Gasteiger partial charge < -0.3 is 14.9 Å². The summed E-state index contributed by atoms with van der Waals surface area (Å²) in [6.45, 7) is 2.52. The highest BCUT2D eigenvalue weighted by molar-refractivity contribution is 5.54. The van der Waals surface area contributed by atoms with Crippen molar-refractivity contribution < 1.29 is 4.74 Å². The predicted molar refractivity (Wildman–Crippen MR) is 79.8 cm³/mol. The van der Waals surface area contributed by atoms with Crippen LogP contribution in [0.15, 0.2) is 48.8 Å². The minimum Gasteiger partial charge on any atom is -0.485 e. The lowest BCUT2D eigenvalue weighted by atomic mass is 10.1. The lowest BCUT2D eigenvalue weighted by Crippen LogP contribution is -1.99. The van der Waals surface area contributed by atoms with Gasteiger partial charge in [0.25, 0.3) is 0 Å². The summed E-state index contributed by atoms with van der Waals surface area (Å²) in [5, 5.41) is 0. The molecular weight excluding hydrogens is 250 g/mol. The van der Waals surface area contributed by atoms with Crippen molar-refractivity contribution in [2.75, 3.05) is 5.73 Å². The number of hydrogen-bond acceptors (Lipinski definition) is 3. The van der Waals surface area contributed by atoms with Gasteiger partial charge in [0.1, 0.15) is 18.0 Å². The molecule has 0 amide bonds. The molecule has 102 valence electrons. The second kappa shape index (κ2) is 5.25. The van der Waals surface area contributed by atoms with Crippen LogP contribution in [0.3, 0.4) is 0 Å². The van der Waals surface area contributed by atoms with Crippen LogP contribution in [-0.4, -0.2) is 9.38 Å². The smallest absolute Gasteiger partial charge is 0.142 e. The van der Waals surface area contributed by atoms with Crippen molar-refractivity contribution in [2.24, 2.45) is 0 Å². The Kier molecular flexibility index (Phi) is 3.29. The average molecular weight is 267 g/mol. The molecule has 0 saturated carbocycles. The predicted octanol–water partition coefficient (Wildman–Crippen LogP) is 3.06. The van der Waals surface area contributed by atoms with Gasteiger partial charge in [-0.15, -0.1) is 0 Å². The second-order valence-electron chi connectivity index (χ2n) is 4.71. The topological polar surface area (TPSA) is 52.5 Å². The molecule has 0 atom stereocenters. The number of pyridine rings is 1. The molecule has 0 spiro atoms. The molecule has 2 aromatic heterocycles. The van der Waals surface area contributed by atoms with Gasteiger partial charge in [-0.25, -0.2) is 4.98 Å². The Morgan fingerprint density at radius 1 is 1.25 bits per heavy atom. The van der Waals surface area contributed by atoms with E-state index in [9.17, 15) is 0 Å². The lowest BCUT2D eigenvalue weighted by molar-refractivity contribution is 0.303. The van der Waals surface area contributed by atoms with E-state index >= 15 is 0 Å². The summed E-state index contributed by atoms with van der Waals surface area (Å²) in [6.07, 6.45) is 4.90. The quantitative estimate of drug-likeness (QED) is 0.739. The first-order valence-electron chi connectivity index (χ1n) is 6.70. The zero-order valence-corrected chi connectivity index (χ0v) is 11.4. The first-order valence-corrected chi connectivity index (χ1v) is 6.70. The Hall–Kier alpha value is -2.49. The molecule has 20 heavy (non-hydrogen) atoms. The van der Waals surface area contributed by atoms with Crippen molar-refractivity contribution in [3.8, 4) is 5.75 Å². The number of aryl methyl sites for hydroxylation is 1. The van der Waals surface area contributed by atoms with E-state index in [0.717, 1.165) is 17.8 Å². The Balaban J connectivity index is 1.75. The number of nitrogens with zero attached hydrogens (tertiary/aromatic N) is 2. The summed E-state index contributed by atoms with van der Waals surface area (Å²) in [5.74, 6) is 0.708. The highest BCUT2D eigenvalue weighted by atomic mass is 16.5. The maximum atomic E-state index is 5.99. The third-order valence-electron chi connectivity index (χ3n) is 3.27. The van der Waals surface area contributed by atoms with Gasteiger partial charge in [0.15, 0.2) is 0 Å². The van der Waals surface area contributed by atoms with Crippen molar-refractivity contribution in [2.45, 2.75) is 20.0 Å². The molecule has 0 unspecified atom stereocenters. The monoisotopic (exact) mass is 267 g/mol. The SMILES string of the molecule is CCc1ccc(OCc2cn3ccccc3n2)c(N)c1. The highest BCUT2D eigenvalue weighted by Gasteiger charge is 2.05. The Morgan fingerprint density at radius 2 is 2.15 bits per heavy atom. The van der Waals surface area contributed by atoms with Gasteiger partial charge in [-0.05, 0) is 36.2 Å². The second-order valence-corrected chi connectivity index (χ2v) is 4.71. The lowest BCUT2D eigenvalue weighted by Gasteiger charge is -2.08. The summed E-state index contributed by atoms with van der Waals surface area (Å²) < 4.78 is 7.73. The van der Waals surface area contributed by atoms with E-state index in [1.54, 1.807) is 0 Å². The summed E-state index contributed by atoms with van der Waals surface area (Å²) in [5.41, 5.74) is 9.67. The van der Waals surface area contributed by atoms with Crippen molar-refractivity contribution in [3.05, 3.63) is 60.0 Å². The van der Waals surface area contributed by atoms with Gasteiger partial charge in [-0.2, -0.15) is 0 Å². The molecule has 3 aromatic rings. The fourth-order valence-electron chi connectivity index (χ4n) is 2.16. The number of ether oxygens (including phenoxy) is 1. The average Bonchev–Trinajstić information content (AvgIpc) is 2.88. The van der Waals surface area contributed by atoms with E-state index < -0.39 is 0 Å². The van der Waals surface area contributed by atoms with E-state index in [0.29, 0.717) is 18.0 Å². The minimum atomic E-state index is 0.414. The fraction of sp³-hybridized carbons (Fsp3) is 0.188. The Morgan fingerprint density at radius 3 is 2.90 bits per heavy atom. The van der Waals surface area contributed by atoms with E-state index in [1.165, 1.54) is 5.56 Å². The molecule has 2 heterocycles. The van der Waals surface area contributed by atoms with Crippen LogP contribution in [0.5, 0.6) is 5.75 Å². The first-order chi connectivity index (χ1) is 9.76. The van der Waals surface area contributed by atoms with Crippen LogP contribution in [0.25, 0.3) is 5.65 Å². The van der Waals surface area contributed by atoms with Gasteiger partial charge >= 0.3 is 0 Å². The number of imidazole rings is 1. The number of aromatic nitrogens is 2. The number of benzene rings is 1. The molecule has 4 nitrogen and oxygen atoms in total. The van der Waals surface area contributed by atoms with Crippen molar-refractivity contribution in [1.82, 2.24) is 9.38 Å². The van der Waals surface area contributed by atoms with E-state index in [-0.39, 0.29) is 0 Å². The largest absolute Gasteiger partial charge is 0.485 e. The zero-order chi connectivity index (χ0) is 13.9. The third-order valence-corrected chi connectivity index (χ3v) is 3.27. The van der Waals surface area contributed by atoms with Crippen LogP contribution < -0.4 is 10.5 Å². The molecular formula is C16H17N3O. The molecule has 0 saturated heterocycles. The van der Waals surface area contributed by atoms with Crippen LogP contribution >= 0.6 is 0 Å². The van der Waals surface area contributed by atoms with Gasteiger partial charge in [-0.3, -0.25) is 0 Å². The first kappa shape index (κ1) is 12.5. The number of nitrogen functional groups attached to an aromatic ring is 1. The standard InChI is InChI=1S/C16H17N3O/c1-2-12-6-7-15(14(17)9-12)20-11-13-10-19-8-4-3-5-16(19)18-13/h3-10H,2,11,17H2,1H3. The van der Waals surface area contributed by atoms with Crippen LogP contribution in [-0.2, 0) is 13.0 Å². The molecule has 3 rings (SSSR count). The molecule has 0 aliphatic rings.